The van der Waals surface area contributed by atoms with Gasteiger partial charge in [-0.1, -0.05) is 103 Å². The maximum Gasteiger partial charge on any atom is 0.135 e. The molecule has 0 aliphatic carbocycles. The van der Waals surface area contributed by atoms with Crippen LogP contribution in [0.3, 0.4) is 0 Å². The molecule has 33 heavy (non-hydrogen) atoms. The van der Waals surface area contributed by atoms with E-state index in [4.69, 9.17) is 14.2 Å². The molecule has 0 aliphatic heterocycles. The highest BCUT2D eigenvalue weighted by molar-refractivity contribution is 5.16. The fraction of sp³-hybridized carbons (Fsp3) is 0.241. The number of hydrogen-bond acceptors (Lipinski definition) is 4. The molecule has 172 valence electrons. The van der Waals surface area contributed by atoms with Crippen LogP contribution in [0, 0.1) is 0 Å². The molecule has 4 nitrogen and oxygen atoms in total. The largest absolute Gasteiger partial charge is 0.381 e. The monoisotopic (exact) mass is 444 g/mol. The molecule has 0 aliphatic rings. The zero-order valence-corrected chi connectivity index (χ0v) is 18.9. The van der Waals surface area contributed by atoms with Gasteiger partial charge in [0.05, 0.1) is 26.4 Å². The van der Waals surface area contributed by atoms with Crippen LogP contribution in [0.1, 0.15) is 16.7 Å². The predicted octanol–water partition coefficient (Wildman–Crippen LogP) is 5.48. The van der Waals surface area contributed by atoms with Crippen LogP contribution in [0.4, 0.5) is 0 Å². The van der Waals surface area contributed by atoms with Crippen LogP contribution in [0.25, 0.3) is 0 Å². The van der Waals surface area contributed by atoms with Crippen LogP contribution in [0.5, 0.6) is 0 Å². The first kappa shape index (κ1) is 24.6. The lowest BCUT2D eigenvalue weighted by Gasteiger charge is -2.37. The van der Waals surface area contributed by atoms with Gasteiger partial charge in [-0.15, -0.1) is 13.2 Å². The first-order chi connectivity index (χ1) is 16.1. The van der Waals surface area contributed by atoms with Crippen molar-refractivity contribution in [1.82, 2.24) is 0 Å². The zero-order valence-electron chi connectivity index (χ0n) is 18.9. The Bertz CT molecular complexity index is 959. The van der Waals surface area contributed by atoms with Gasteiger partial charge in [-0.2, -0.15) is 0 Å². The topological polar surface area (TPSA) is 47.9 Å². The minimum Gasteiger partial charge on any atom is -0.381 e. The standard InChI is InChI=1S/C29H32O4/c1-3-27(32-21-25-16-10-6-11-17-25)28(33-22-26-18-12-7-13-19-26)29(30,4-2)23-31-20-24-14-8-5-9-15-24/h3-19,27-28,30H,1-2,20-23H2/t27-,28+,29+/m1/s1. The number of ether oxygens (including phenoxy) is 3. The second kappa shape index (κ2) is 12.9. The SMILES string of the molecule is C=C[C@@H](OCc1ccccc1)[C@H](OCc1ccccc1)[C@](O)(C=C)COCc1ccccc1. The Balaban J connectivity index is 1.74. The summed E-state index contributed by atoms with van der Waals surface area (Å²) < 4.78 is 18.2. The summed E-state index contributed by atoms with van der Waals surface area (Å²) in [7, 11) is 0. The van der Waals surface area contributed by atoms with Crippen molar-refractivity contribution in [3.05, 3.63) is 133 Å². The summed E-state index contributed by atoms with van der Waals surface area (Å²) >= 11 is 0. The van der Waals surface area contributed by atoms with Crippen molar-refractivity contribution < 1.29 is 19.3 Å². The molecule has 4 heteroatoms. The highest BCUT2D eigenvalue weighted by atomic mass is 16.6. The lowest BCUT2D eigenvalue weighted by Crippen LogP contribution is -2.52. The van der Waals surface area contributed by atoms with E-state index in [1.807, 2.05) is 91.0 Å². The van der Waals surface area contributed by atoms with Crippen LogP contribution in [0.2, 0.25) is 0 Å². The molecule has 0 fully saturated rings. The maximum absolute atomic E-state index is 11.5. The smallest absolute Gasteiger partial charge is 0.135 e. The highest BCUT2D eigenvalue weighted by Crippen LogP contribution is 2.25. The molecule has 1 N–H and O–H groups in total. The van der Waals surface area contributed by atoms with Gasteiger partial charge in [0.25, 0.3) is 0 Å². The van der Waals surface area contributed by atoms with E-state index in [-0.39, 0.29) is 6.61 Å². The second-order valence-electron chi connectivity index (χ2n) is 7.89. The van der Waals surface area contributed by atoms with E-state index in [0.717, 1.165) is 16.7 Å². The Morgan fingerprint density at radius 2 is 1.15 bits per heavy atom. The van der Waals surface area contributed by atoms with E-state index in [2.05, 4.69) is 13.2 Å². The molecule has 3 atom stereocenters. The predicted molar refractivity (Wildman–Crippen MR) is 131 cm³/mol. The third-order valence-electron chi connectivity index (χ3n) is 5.38. The minimum atomic E-state index is -1.49. The van der Waals surface area contributed by atoms with Crippen molar-refractivity contribution in [3.8, 4) is 0 Å². The van der Waals surface area contributed by atoms with E-state index in [1.54, 1.807) is 6.08 Å². The molecule has 3 aromatic rings. The molecule has 3 aromatic carbocycles. The van der Waals surface area contributed by atoms with Gasteiger partial charge in [0, 0.05) is 0 Å². The number of hydrogen-bond donors (Lipinski definition) is 1. The summed E-state index contributed by atoms with van der Waals surface area (Å²) in [6.45, 7) is 8.84. The molecule has 0 amide bonds. The van der Waals surface area contributed by atoms with Crippen molar-refractivity contribution in [2.75, 3.05) is 6.61 Å². The highest BCUT2D eigenvalue weighted by Gasteiger charge is 2.40. The summed E-state index contributed by atoms with van der Waals surface area (Å²) in [4.78, 5) is 0. The van der Waals surface area contributed by atoms with E-state index >= 15 is 0 Å². The van der Waals surface area contributed by atoms with E-state index in [0.29, 0.717) is 19.8 Å². The van der Waals surface area contributed by atoms with Gasteiger partial charge in [0.2, 0.25) is 0 Å². The summed E-state index contributed by atoms with van der Waals surface area (Å²) in [5, 5.41) is 11.5. The fourth-order valence-corrected chi connectivity index (χ4v) is 3.49. The molecular weight excluding hydrogens is 412 g/mol. The van der Waals surface area contributed by atoms with Crippen LogP contribution in [-0.4, -0.2) is 29.5 Å². The molecule has 3 rings (SSSR count). The molecule has 0 radical (unpaired) electrons. The van der Waals surface area contributed by atoms with Crippen molar-refractivity contribution in [2.45, 2.75) is 37.6 Å². The Labute approximate surface area is 196 Å². The van der Waals surface area contributed by atoms with Gasteiger partial charge in [0.15, 0.2) is 0 Å². The molecule has 0 saturated heterocycles. The molecule has 0 heterocycles. The summed E-state index contributed by atoms with van der Waals surface area (Å²) in [5.74, 6) is 0. The van der Waals surface area contributed by atoms with Crippen LogP contribution in [0.15, 0.2) is 116 Å². The average Bonchev–Trinajstić information content (AvgIpc) is 2.87. The molecule has 0 aromatic heterocycles. The van der Waals surface area contributed by atoms with Crippen LogP contribution >= 0.6 is 0 Å². The second-order valence-corrected chi connectivity index (χ2v) is 7.89. The Morgan fingerprint density at radius 3 is 1.61 bits per heavy atom. The molecule has 0 saturated carbocycles. The Hall–Kier alpha value is -3.02. The molecular formula is C29H32O4. The van der Waals surface area contributed by atoms with Gasteiger partial charge < -0.3 is 19.3 Å². The third-order valence-corrected chi connectivity index (χ3v) is 5.38. The lowest BCUT2D eigenvalue weighted by molar-refractivity contribution is -0.166. The first-order valence-corrected chi connectivity index (χ1v) is 11.1. The van der Waals surface area contributed by atoms with Gasteiger partial charge >= 0.3 is 0 Å². The first-order valence-electron chi connectivity index (χ1n) is 11.1. The normalized spacial score (nSPS) is 14.7. The van der Waals surface area contributed by atoms with Gasteiger partial charge in [-0.25, -0.2) is 0 Å². The average molecular weight is 445 g/mol. The minimum absolute atomic E-state index is 0.00386. The van der Waals surface area contributed by atoms with Crippen molar-refractivity contribution >= 4 is 0 Å². The van der Waals surface area contributed by atoms with E-state index < -0.39 is 17.8 Å². The molecule has 0 unspecified atom stereocenters. The summed E-state index contributed by atoms with van der Waals surface area (Å²) in [5.41, 5.74) is 1.55. The molecule has 0 bridgehead atoms. The zero-order chi connectivity index (χ0) is 23.4. The van der Waals surface area contributed by atoms with Gasteiger partial charge in [-0.3, -0.25) is 0 Å². The van der Waals surface area contributed by atoms with Gasteiger partial charge in [0.1, 0.15) is 17.8 Å². The van der Waals surface area contributed by atoms with E-state index in [1.165, 1.54) is 6.08 Å². The number of benzene rings is 3. The summed E-state index contributed by atoms with van der Waals surface area (Å²) in [6, 6.07) is 29.5. The summed E-state index contributed by atoms with van der Waals surface area (Å²) in [6.07, 6.45) is 1.77. The molecule has 0 spiro atoms. The van der Waals surface area contributed by atoms with E-state index in [9.17, 15) is 5.11 Å². The van der Waals surface area contributed by atoms with Crippen molar-refractivity contribution in [3.63, 3.8) is 0 Å². The maximum atomic E-state index is 11.5. The Morgan fingerprint density at radius 1 is 0.697 bits per heavy atom. The fourth-order valence-electron chi connectivity index (χ4n) is 3.49. The van der Waals surface area contributed by atoms with Gasteiger partial charge in [-0.05, 0) is 16.7 Å². The quantitative estimate of drug-likeness (QED) is 0.335. The number of aliphatic hydroxyl groups is 1. The van der Waals surface area contributed by atoms with Crippen molar-refractivity contribution in [1.29, 1.82) is 0 Å². The third kappa shape index (κ3) is 7.52. The van der Waals surface area contributed by atoms with Crippen LogP contribution in [-0.2, 0) is 34.0 Å². The van der Waals surface area contributed by atoms with Crippen LogP contribution < -0.4 is 0 Å². The van der Waals surface area contributed by atoms with Crippen molar-refractivity contribution in [2.24, 2.45) is 0 Å². The number of rotatable bonds is 14. The lowest BCUT2D eigenvalue weighted by atomic mass is 9.92. The Kier molecular flexibility index (Phi) is 9.60.